The van der Waals surface area contributed by atoms with Crippen LogP contribution >= 0.6 is 0 Å². The second-order valence-electron chi connectivity index (χ2n) is 7.40. The van der Waals surface area contributed by atoms with Gasteiger partial charge in [0.25, 0.3) is 0 Å². The van der Waals surface area contributed by atoms with Crippen LogP contribution < -0.4 is 9.47 Å². The van der Waals surface area contributed by atoms with E-state index in [1.165, 1.54) is 5.56 Å². The topological polar surface area (TPSA) is 56.7 Å². The fourth-order valence-corrected chi connectivity index (χ4v) is 4.50. The van der Waals surface area contributed by atoms with Crippen LogP contribution in [0.15, 0.2) is 42.7 Å². The van der Waals surface area contributed by atoms with Gasteiger partial charge in [0.15, 0.2) is 0 Å². The van der Waals surface area contributed by atoms with E-state index in [9.17, 15) is 0 Å². The standard InChI is InChI=1S/C21H27N3O3/c1-25-19-7-6-16(14-23-19)15-24-12-10-21(26-2)9-8-17(13-18(21)24)27-20-5-3-4-11-22-20/h3-7,11,14,17-18H,8-10,12-13,15H2,1-2H3. The van der Waals surface area contributed by atoms with Gasteiger partial charge < -0.3 is 14.2 Å². The van der Waals surface area contributed by atoms with Crippen LogP contribution in [0, 0.1) is 0 Å². The number of likely N-dealkylation sites (tertiary alicyclic amines) is 1. The average molecular weight is 369 g/mol. The molecule has 6 nitrogen and oxygen atoms in total. The van der Waals surface area contributed by atoms with Crippen molar-refractivity contribution < 1.29 is 14.2 Å². The third kappa shape index (κ3) is 3.77. The Morgan fingerprint density at radius 2 is 2.04 bits per heavy atom. The summed E-state index contributed by atoms with van der Waals surface area (Å²) >= 11 is 0. The molecule has 1 aliphatic heterocycles. The molecule has 0 aromatic carbocycles. The summed E-state index contributed by atoms with van der Waals surface area (Å²) in [6, 6.07) is 10.1. The molecule has 0 radical (unpaired) electrons. The first kappa shape index (κ1) is 18.2. The van der Waals surface area contributed by atoms with Crippen molar-refractivity contribution in [2.45, 2.75) is 50.0 Å². The second kappa shape index (κ2) is 7.82. The van der Waals surface area contributed by atoms with E-state index in [2.05, 4.69) is 20.9 Å². The zero-order chi connectivity index (χ0) is 18.7. The molecule has 6 heteroatoms. The van der Waals surface area contributed by atoms with Crippen LogP contribution in [0.3, 0.4) is 0 Å². The molecule has 1 saturated heterocycles. The Balaban J connectivity index is 1.46. The Bertz CT molecular complexity index is 740. The number of pyridine rings is 2. The highest BCUT2D eigenvalue weighted by molar-refractivity contribution is 5.19. The zero-order valence-corrected chi connectivity index (χ0v) is 16.0. The quantitative estimate of drug-likeness (QED) is 0.780. The van der Waals surface area contributed by atoms with Crippen molar-refractivity contribution in [1.29, 1.82) is 0 Å². The molecule has 2 aliphatic rings. The van der Waals surface area contributed by atoms with Crippen molar-refractivity contribution in [2.75, 3.05) is 20.8 Å². The molecular formula is C21H27N3O3. The molecule has 3 atom stereocenters. The van der Waals surface area contributed by atoms with Crippen molar-refractivity contribution in [3.8, 4) is 11.8 Å². The van der Waals surface area contributed by atoms with Gasteiger partial charge in [-0.3, -0.25) is 4.90 Å². The SMILES string of the molecule is COc1ccc(CN2CCC3(OC)CCC(Oc4ccccn4)CC23)cn1. The van der Waals surface area contributed by atoms with Crippen molar-refractivity contribution in [2.24, 2.45) is 0 Å². The van der Waals surface area contributed by atoms with E-state index in [0.717, 1.165) is 38.8 Å². The van der Waals surface area contributed by atoms with Gasteiger partial charge >= 0.3 is 0 Å². The van der Waals surface area contributed by atoms with Crippen molar-refractivity contribution in [3.63, 3.8) is 0 Å². The minimum Gasteiger partial charge on any atom is -0.481 e. The third-order valence-corrected chi connectivity index (χ3v) is 5.97. The summed E-state index contributed by atoms with van der Waals surface area (Å²) in [4.78, 5) is 11.2. The van der Waals surface area contributed by atoms with E-state index in [4.69, 9.17) is 14.2 Å². The Kier molecular flexibility index (Phi) is 5.27. The molecule has 0 spiro atoms. The Morgan fingerprint density at radius 3 is 2.74 bits per heavy atom. The highest BCUT2D eigenvalue weighted by Crippen LogP contribution is 2.43. The molecule has 2 fully saturated rings. The van der Waals surface area contributed by atoms with Gasteiger partial charge in [-0.05, 0) is 30.9 Å². The number of nitrogens with zero attached hydrogens (tertiary/aromatic N) is 3. The van der Waals surface area contributed by atoms with Crippen LogP contribution in [0.5, 0.6) is 11.8 Å². The fourth-order valence-electron chi connectivity index (χ4n) is 4.50. The summed E-state index contributed by atoms with van der Waals surface area (Å²) in [5, 5.41) is 0. The normalized spacial score (nSPS) is 27.9. The lowest BCUT2D eigenvalue weighted by atomic mass is 9.79. The maximum Gasteiger partial charge on any atom is 0.213 e. The van der Waals surface area contributed by atoms with Gasteiger partial charge in [-0.25, -0.2) is 9.97 Å². The van der Waals surface area contributed by atoms with Crippen molar-refractivity contribution in [3.05, 3.63) is 48.3 Å². The molecule has 0 amide bonds. The molecule has 2 aromatic heterocycles. The highest BCUT2D eigenvalue weighted by atomic mass is 16.5. The lowest BCUT2D eigenvalue weighted by molar-refractivity contribution is -0.0843. The third-order valence-electron chi connectivity index (χ3n) is 5.97. The number of ether oxygens (including phenoxy) is 3. The van der Waals surface area contributed by atoms with Gasteiger partial charge in [0.1, 0.15) is 6.10 Å². The summed E-state index contributed by atoms with van der Waals surface area (Å²) in [7, 11) is 3.49. The molecule has 4 rings (SSSR count). The van der Waals surface area contributed by atoms with E-state index in [-0.39, 0.29) is 11.7 Å². The fraction of sp³-hybridized carbons (Fsp3) is 0.524. The smallest absolute Gasteiger partial charge is 0.213 e. The van der Waals surface area contributed by atoms with Gasteiger partial charge in [-0.15, -0.1) is 0 Å². The number of methoxy groups -OCH3 is 2. The van der Waals surface area contributed by atoms with E-state index in [1.54, 1.807) is 13.3 Å². The van der Waals surface area contributed by atoms with Gasteiger partial charge in [0, 0.05) is 57.2 Å². The van der Waals surface area contributed by atoms with Gasteiger partial charge in [-0.2, -0.15) is 0 Å². The van der Waals surface area contributed by atoms with Gasteiger partial charge in [0.05, 0.1) is 12.7 Å². The number of rotatable bonds is 6. The number of hydrogen-bond acceptors (Lipinski definition) is 6. The number of aromatic nitrogens is 2. The Labute approximate surface area is 160 Å². The average Bonchev–Trinajstić information content (AvgIpc) is 3.08. The number of hydrogen-bond donors (Lipinski definition) is 0. The summed E-state index contributed by atoms with van der Waals surface area (Å²) < 4.78 is 17.4. The lowest BCUT2D eigenvalue weighted by Crippen LogP contribution is -2.52. The van der Waals surface area contributed by atoms with E-state index < -0.39 is 0 Å². The van der Waals surface area contributed by atoms with Crippen LogP contribution in [0.4, 0.5) is 0 Å². The van der Waals surface area contributed by atoms with Gasteiger partial charge in [-0.1, -0.05) is 12.1 Å². The Hall–Kier alpha value is -2.18. The highest BCUT2D eigenvalue weighted by Gasteiger charge is 2.51. The number of fused-ring (bicyclic) bond motifs is 1. The van der Waals surface area contributed by atoms with E-state index >= 15 is 0 Å². The second-order valence-corrected chi connectivity index (χ2v) is 7.40. The first-order valence-corrected chi connectivity index (χ1v) is 9.58. The van der Waals surface area contributed by atoms with Crippen molar-refractivity contribution >= 4 is 0 Å². The predicted octanol–water partition coefficient (Wildman–Crippen LogP) is 3.08. The van der Waals surface area contributed by atoms with Crippen LogP contribution in [0.25, 0.3) is 0 Å². The summed E-state index contributed by atoms with van der Waals surface area (Å²) in [6.45, 7) is 1.89. The molecule has 144 valence electrons. The predicted molar refractivity (Wildman–Crippen MR) is 102 cm³/mol. The molecule has 0 bridgehead atoms. The molecule has 1 saturated carbocycles. The van der Waals surface area contributed by atoms with Crippen LogP contribution in [0.1, 0.15) is 31.2 Å². The minimum absolute atomic E-state index is 0.0656. The summed E-state index contributed by atoms with van der Waals surface area (Å²) in [5.74, 6) is 1.35. The van der Waals surface area contributed by atoms with Crippen LogP contribution in [-0.4, -0.2) is 53.4 Å². The maximum atomic E-state index is 6.16. The summed E-state index contributed by atoms with van der Waals surface area (Å²) in [5.41, 5.74) is 1.12. The molecule has 3 unspecified atom stereocenters. The molecule has 2 aromatic rings. The van der Waals surface area contributed by atoms with Gasteiger partial charge in [0.2, 0.25) is 11.8 Å². The Morgan fingerprint density at radius 1 is 1.11 bits per heavy atom. The molecule has 1 aliphatic carbocycles. The molecule has 0 N–H and O–H groups in total. The molecule has 27 heavy (non-hydrogen) atoms. The first-order chi connectivity index (χ1) is 13.2. The van der Waals surface area contributed by atoms with Crippen LogP contribution in [-0.2, 0) is 11.3 Å². The monoisotopic (exact) mass is 369 g/mol. The molecular weight excluding hydrogens is 342 g/mol. The first-order valence-electron chi connectivity index (χ1n) is 9.58. The summed E-state index contributed by atoms with van der Waals surface area (Å²) in [6.07, 6.45) is 7.87. The maximum absolute atomic E-state index is 6.16. The zero-order valence-electron chi connectivity index (χ0n) is 16.0. The lowest BCUT2D eigenvalue weighted by Gasteiger charge is -2.43. The van der Waals surface area contributed by atoms with Crippen molar-refractivity contribution in [1.82, 2.24) is 14.9 Å². The molecule has 3 heterocycles. The van der Waals surface area contributed by atoms with E-state index in [0.29, 0.717) is 17.8 Å². The largest absolute Gasteiger partial charge is 0.481 e. The van der Waals surface area contributed by atoms with Crippen LogP contribution in [0.2, 0.25) is 0 Å². The minimum atomic E-state index is -0.0656. The van der Waals surface area contributed by atoms with E-state index in [1.807, 2.05) is 37.6 Å².